The number of hydrogen-bond donors (Lipinski definition) is 3. The number of aromatic nitrogens is 2. The van der Waals surface area contributed by atoms with Crippen molar-refractivity contribution in [1.29, 1.82) is 0 Å². The van der Waals surface area contributed by atoms with Crippen molar-refractivity contribution in [3.63, 3.8) is 0 Å². The van der Waals surface area contributed by atoms with E-state index in [1.54, 1.807) is 18.2 Å². The summed E-state index contributed by atoms with van der Waals surface area (Å²) < 4.78 is 5.29. The lowest BCUT2D eigenvalue weighted by Crippen LogP contribution is -2.12. The average molecular weight is 425 g/mol. The van der Waals surface area contributed by atoms with Gasteiger partial charge in [0.05, 0.1) is 0 Å². The third kappa shape index (κ3) is 6.57. The maximum absolute atomic E-state index is 12.6. The molecule has 0 spiro atoms. The Bertz CT molecular complexity index is 948. The first kappa shape index (κ1) is 23.9. The molecule has 1 amide bonds. The molecule has 0 saturated heterocycles. The standard InChI is InChI=1S/C22H26N4O3.C2H6/c1-5-15-10-17(7-9-19(15)23-13(2)3)22(28)24-21-12-20(25-26-21)16-6-8-18(11-16)29-14(4)27;1-2/h5,7,9-10,12,16,18,23H,1-2,6,8,11H2,3-4H3,(H2,24,25,26,28);1-2H3. The van der Waals surface area contributed by atoms with Crippen LogP contribution in [0.4, 0.5) is 11.5 Å². The number of nitrogens with zero attached hydrogens (tertiary/aromatic N) is 1. The second-order valence-corrected chi connectivity index (χ2v) is 7.32. The number of allylic oxidation sites excluding steroid dienone is 1. The zero-order valence-corrected chi connectivity index (χ0v) is 18.7. The first-order valence-electron chi connectivity index (χ1n) is 10.6. The first-order valence-corrected chi connectivity index (χ1v) is 10.6. The van der Waals surface area contributed by atoms with Crippen molar-refractivity contribution in [1.82, 2.24) is 10.2 Å². The number of aromatic amines is 1. The van der Waals surface area contributed by atoms with Gasteiger partial charge >= 0.3 is 5.97 Å². The number of H-pyrrole nitrogens is 1. The van der Waals surface area contributed by atoms with Crippen molar-refractivity contribution in [2.24, 2.45) is 0 Å². The SMILES string of the molecule is C=Cc1cc(C(=O)Nc2cc(C3CCC(OC(C)=O)C3)[nH]n2)ccc1NC(=C)C.CC. The van der Waals surface area contributed by atoms with Gasteiger partial charge in [0.25, 0.3) is 5.91 Å². The second-order valence-electron chi connectivity index (χ2n) is 7.32. The van der Waals surface area contributed by atoms with E-state index in [-0.39, 0.29) is 23.9 Å². The molecular formula is C24H32N4O3. The van der Waals surface area contributed by atoms with Crippen LogP contribution in [0, 0.1) is 0 Å². The number of amides is 1. The van der Waals surface area contributed by atoms with Crippen LogP contribution in [0.2, 0.25) is 0 Å². The average Bonchev–Trinajstić information content (AvgIpc) is 3.38. The van der Waals surface area contributed by atoms with Gasteiger partial charge in [-0.2, -0.15) is 5.10 Å². The summed E-state index contributed by atoms with van der Waals surface area (Å²) in [5.74, 6) is 0.191. The summed E-state index contributed by atoms with van der Waals surface area (Å²) in [5.41, 5.74) is 3.90. The molecule has 1 aromatic heterocycles. The minimum atomic E-state index is -0.253. The Kier molecular flexibility index (Phi) is 8.61. The van der Waals surface area contributed by atoms with E-state index in [2.05, 4.69) is 34.0 Å². The lowest BCUT2D eigenvalue weighted by atomic mass is 10.0. The predicted molar refractivity (Wildman–Crippen MR) is 125 cm³/mol. The van der Waals surface area contributed by atoms with Crippen molar-refractivity contribution in [2.45, 2.75) is 59.0 Å². The van der Waals surface area contributed by atoms with Gasteiger partial charge in [-0.1, -0.05) is 33.1 Å². The summed E-state index contributed by atoms with van der Waals surface area (Å²) in [5, 5.41) is 13.2. The van der Waals surface area contributed by atoms with Crippen LogP contribution in [-0.2, 0) is 9.53 Å². The van der Waals surface area contributed by atoms with Crippen LogP contribution in [0.5, 0.6) is 0 Å². The lowest BCUT2D eigenvalue weighted by molar-refractivity contribution is -0.145. The maximum Gasteiger partial charge on any atom is 0.302 e. The molecule has 7 nitrogen and oxygen atoms in total. The Morgan fingerprint density at radius 2 is 1.94 bits per heavy atom. The zero-order chi connectivity index (χ0) is 23.0. The van der Waals surface area contributed by atoms with Gasteiger partial charge in [-0.05, 0) is 49.9 Å². The molecular weight excluding hydrogens is 392 g/mol. The minimum absolute atomic E-state index is 0.0532. The molecule has 3 N–H and O–H groups in total. The van der Waals surface area contributed by atoms with Gasteiger partial charge in [0.1, 0.15) is 6.10 Å². The number of esters is 1. The zero-order valence-electron chi connectivity index (χ0n) is 18.7. The molecule has 2 atom stereocenters. The quantitative estimate of drug-likeness (QED) is 0.512. The molecule has 3 rings (SSSR count). The van der Waals surface area contributed by atoms with Crippen LogP contribution < -0.4 is 10.6 Å². The van der Waals surface area contributed by atoms with Gasteiger partial charge in [-0.3, -0.25) is 14.7 Å². The molecule has 2 aromatic rings. The molecule has 0 aliphatic heterocycles. The summed E-state index contributed by atoms with van der Waals surface area (Å²) in [6, 6.07) is 7.16. The van der Waals surface area contributed by atoms with Gasteiger partial charge in [0, 0.05) is 41.5 Å². The van der Waals surface area contributed by atoms with E-state index in [0.29, 0.717) is 11.4 Å². The number of rotatable bonds is 7. The van der Waals surface area contributed by atoms with Crippen LogP contribution in [0.15, 0.2) is 43.1 Å². The molecule has 7 heteroatoms. The number of hydrogen-bond acceptors (Lipinski definition) is 5. The minimum Gasteiger partial charge on any atom is -0.463 e. The van der Waals surface area contributed by atoms with E-state index in [1.807, 2.05) is 32.9 Å². The number of ether oxygens (including phenoxy) is 1. The topological polar surface area (TPSA) is 96.1 Å². The number of carbonyl (C=O) groups excluding carboxylic acids is 2. The van der Waals surface area contributed by atoms with Crippen LogP contribution in [0.1, 0.15) is 74.5 Å². The molecule has 2 unspecified atom stereocenters. The highest BCUT2D eigenvalue weighted by Crippen LogP contribution is 2.35. The van der Waals surface area contributed by atoms with Gasteiger partial charge in [-0.15, -0.1) is 0 Å². The highest BCUT2D eigenvalue weighted by atomic mass is 16.5. The molecule has 1 aliphatic carbocycles. The summed E-state index contributed by atoms with van der Waals surface area (Å²) in [6.45, 7) is 14.9. The number of anilines is 2. The summed E-state index contributed by atoms with van der Waals surface area (Å²) in [4.78, 5) is 23.7. The number of carbonyl (C=O) groups is 2. The Labute approximate surface area is 184 Å². The van der Waals surface area contributed by atoms with Crippen molar-refractivity contribution >= 4 is 29.5 Å². The lowest BCUT2D eigenvalue weighted by Gasteiger charge is -2.11. The third-order valence-electron chi connectivity index (χ3n) is 4.88. The van der Waals surface area contributed by atoms with E-state index in [4.69, 9.17) is 4.74 Å². The van der Waals surface area contributed by atoms with Crippen molar-refractivity contribution in [3.05, 3.63) is 59.9 Å². The Balaban J connectivity index is 0.00000166. The largest absolute Gasteiger partial charge is 0.463 e. The number of nitrogens with one attached hydrogen (secondary N) is 3. The number of benzene rings is 1. The second kappa shape index (κ2) is 11.2. The van der Waals surface area contributed by atoms with E-state index >= 15 is 0 Å². The van der Waals surface area contributed by atoms with E-state index in [1.165, 1.54) is 6.92 Å². The van der Waals surface area contributed by atoms with Crippen molar-refractivity contribution in [3.8, 4) is 0 Å². The molecule has 1 aromatic carbocycles. The van der Waals surface area contributed by atoms with E-state index in [0.717, 1.165) is 41.9 Å². The summed E-state index contributed by atoms with van der Waals surface area (Å²) in [6.07, 6.45) is 4.14. The molecule has 1 heterocycles. The Morgan fingerprint density at radius 3 is 2.58 bits per heavy atom. The van der Waals surface area contributed by atoms with Gasteiger partial charge < -0.3 is 15.4 Å². The predicted octanol–water partition coefficient (Wildman–Crippen LogP) is 5.48. The molecule has 0 bridgehead atoms. The maximum atomic E-state index is 12.6. The molecule has 1 saturated carbocycles. The summed E-state index contributed by atoms with van der Waals surface area (Å²) in [7, 11) is 0. The van der Waals surface area contributed by atoms with Crippen LogP contribution >= 0.6 is 0 Å². The molecule has 0 radical (unpaired) electrons. The third-order valence-corrected chi connectivity index (χ3v) is 4.88. The smallest absolute Gasteiger partial charge is 0.302 e. The molecule has 1 fully saturated rings. The molecule has 166 valence electrons. The van der Waals surface area contributed by atoms with Gasteiger partial charge in [0.15, 0.2) is 5.82 Å². The first-order chi connectivity index (χ1) is 14.9. The van der Waals surface area contributed by atoms with E-state index < -0.39 is 0 Å². The Hall–Kier alpha value is -3.35. The van der Waals surface area contributed by atoms with Gasteiger partial charge in [-0.25, -0.2) is 0 Å². The fraction of sp³-hybridized carbons (Fsp3) is 0.375. The molecule has 1 aliphatic rings. The van der Waals surface area contributed by atoms with Crippen molar-refractivity contribution in [2.75, 3.05) is 10.6 Å². The van der Waals surface area contributed by atoms with Crippen LogP contribution in [0.3, 0.4) is 0 Å². The monoisotopic (exact) mass is 424 g/mol. The van der Waals surface area contributed by atoms with Crippen molar-refractivity contribution < 1.29 is 14.3 Å². The van der Waals surface area contributed by atoms with Crippen LogP contribution in [0.25, 0.3) is 6.08 Å². The Morgan fingerprint density at radius 1 is 1.19 bits per heavy atom. The highest BCUT2D eigenvalue weighted by Gasteiger charge is 2.29. The van der Waals surface area contributed by atoms with Crippen LogP contribution in [-0.4, -0.2) is 28.2 Å². The highest BCUT2D eigenvalue weighted by molar-refractivity contribution is 6.04. The fourth-order valence-electron chi connectivity index (χ4n) is 3.58. The fourth-order valence-corrected chi connectivity index (χ4v) is 3.58. The normalized spacial score (nSPS) is 17.2. The van der Waals surface area contributed by atoms with Gasteiger partial charge in [0.2, 0.25) is 0 Å². The summed E-state index contributed by atoms with van der Waals surface area (Å²) >= 11 is 0. The molecule has 31 heavy (non-hydrogen) atoms. The van der Waals surface area contributed by atoms with E-state index in [9.17, 15) is 9.59 Å².